The molecule has 2 bridgehead atoms. The summed E-state index contributed by atoms with van der Waals surface area (Å²) in [6.07, 6.45) is 3.98. The first-order valence-corrected chi connectivity index (χ1v) is 12.9. The lowest BCUT2D eigenvalue weighted by molar-refractivity contribution is -0.148. The Morgan fingerprint density at radius 2 is 1.76 bits per heavy atom. The van der Waals surface area contributed by atoms with E-state index in [2.05, 4.69) is 10.2 Å². The first-order valence-electron chi connectivity index (χ1n) is 12.9. The number of carbonyl (C=O) groups is 4. The van der Waals surface area contributed by atoms with E-state index in [-0.39, 0.29) is 30.7 Å². The maximum atomic E-state index is 13.2. The Labute approximate surface area is 216 Å². The molecule has 5 amide bonds. The van der Waals surface area contributed by atoms with Crippen molar-refractivity contribution in [3.63, 3.8) is 0 Å². The number of likely N-dealkylation sites (tertiary alicyclic amines) is 1. The minimum Gasteiger partial charge on any atom is -0.493 e. The fraction of sp³-hybridized carbons (Fsp3) is 0.615. The molecule has 0 radical (unpaired) electrons. The minimum absolute atomic E-state index is 0.0152. The SMILES string of the molecule is COc1cc(N2C(=O)N[C@@H](CCC(=O)N3CC4CC(C3)C3CCCC(=O)N3C4)C2=O)cc(OC)c1OC. The van der Waals surface area contributed by atoms with Gasteiger partial charge in [-0.2, -0.15) is 0 Å². The van der Waals surface area contributed by atoms with Crippen molar-refractivity contribution in [3.05, 3.63) is 12.1 Å². The van der Waals surface area contributed by atoms with E-state index in [9.17, 15) is 19.2 Å². The van der Waals surface area contributed by atoms with Crippen LogP contribution in [0.15, 0.2) is 12.1 Å². The van der Waals surface area contributed by atoms with Crippen molar-refractivity contribution in [2.75, 3.05) is 45.9 Å². The molecule has 37 heavy (non-hydrogen) atoms. The van der Waals surface area contributed by atoms with Crippen molar-refractivity contribution in [1.82, 2.24) is 15.1 Å². The molecular formula is C26H34N4O7. The highest BCUT2D eigenvalue weighted by Gasteiger charge is 2.45. The summed E-state index contributed by atoms with van der Waals surface area (Å²) in [4.78, 5) is 56.4. The van der Waals surface area contributed by atoms with Crippen molar-refractivity contribution in [2.24, 2.45) is 11.8 Å². The fourth-order valence-corrected chi connectivity index (χ4v) is 6.41. The molecule has 11 nitrogen and oxygen atoms in total. The van der Waals surface area contributed by atoms with Crippen LogP contribution in [0.1, 0.15) is 38.5 Å². The van der Waals surface area contributed by atoms with Gasteiger partial charge >= 0.3 is 6.03 Å². The summed E-state index contributed by atoms with van der Waals surface area (Å²) >= 11 is 0. The van der Waals surface area contributed by atoms with Crippen molar-refractivity contribution < 1.29 is 33.4 Å². The largest absolute Gasteiger partial charge is 0.493 e. The molecule has 5 rings (SSSR count). The molecule has 3 unspecified atom stereocenters. The Morgan fingerprint density at radius 1 is 1.03 bits per heavy atom. The average molecular weight is 515 g/mol. The maximum absolute atomic E-state index is 13.2. The van der Waals surface area contributed by atoms with Gasteiger partial charge in [-0.25, -0.2) is 9.69 Å². The van der Waals surface area contributed by atoms with Crippen LogP contribution in [0.25, 0.3) is 0 Å². The highest BCUT2D eigenvalue weighted by molar-refractivity contribution is 6.21. The van der Waals surface area contributed by atoms with E-state index in [0.717, 1.165) is 30.7 Å². The van der Waals surface area contributed by atoms with E-state index >= 15 is 0 Å². The van der Waals surface area contributed by atoms with Crippen molar-refractivity contribution in [2.45, 2.75) is 50.6 Å². The smallest absolute Gasteiger partial charge is 0.329 e. The van der Waals surface area contributed by atoms with Crippen LogP contribution in [0.3, 0.4) is 0 Å². The van der Waals surface area contributed by atoms with Gasteiger partial charge in [0.05, 0.1) is 27.0 Å². The summed E-state index contributed by atoms with van der Waals surface area (Å²) in [5.74, 6) is 1.41. The zero-order chi connectivity index (χ0) is 26.3. The molecule has 4 saturated heterocycles. The van der Waals surface area contributed by atoms with Gasteiger partial charge in [0.15, 0.2) is 11.5 Å². The number of piperidine rings is 3. The quantitative estimate of drug-likeness (QED) is 0.551. The number of nitrogens with one attached hydrogen (secondary N) is 1. The lowest BCUT2D eigenvalue weighted by Gasteiger charge is -2.52. The summed E-state index contributed by atoms with van der Waals surface area (Å²) in [6, 6.07) is 1.95. The van der Waals surface area contributed by atoms with Gasteiger partial charge in [-0.15, -0.1) is 0 Å². The number of imide groups is 1. The van der Waals surface area contributed by atoms with E-state index in [1.807, 2.05) is 4.90 Å². The zero-order valence-electron chi connectivity index (χ0n) is 21.5. The standard InChI is InChI=1S/C26H34N4O7/c1-35-20-10-17(11-21(36-2)24(20)37-3)30-25(33)18(27-26(30)34)7-8-22(31)28-12-15-9-16(14-28)19-5-4-6-23(32)29(19)13-15/h10-11,15-16,18-19H,4-9,12-14H2,1-3H3,(H,27,34)/t15?,16?,18-,19?/m0/s1. The van der Waals surface area contributed by atoms with E-state index in [0.29, 0.717) is 54.3 Å². The van der Waals surface area contributed by atoms with Crippen LogP contribution in [-0.2, 0) is 14.4 Å². The zero-order valence-corrected chi connectivity index (χ0v) is 21.5. The third kappa shape index (κ3) is 4.55. The highest BCUT2D eigenvalue weighted by Crippen LogP contribution is 2.42. The number of rotatable bonds is 7. The number of nitrogens with zero attached hydrogens (tertiary/aromatic N) is 3. The van der Waals surface area contributed by atoms with Crippen molar-refractivity contribution >= 4 is 29.4 Å². The number of benzene rings is 1. The van der Waals surface area contributed by atoms with Crippen LogP contribution in [-0.4, -0.2) is 86.6 Å². The normalized spacial score (nSPS) is 27.1. The number of amides is 5. The molecule has 4 atom stereocenters. The van der Waals surface area contributed by atoms with Crippen LogP contribution in [0, 0.1) is 11.8 Å². The van der Waals surface area contributed by atoms with Gasteiger partial charge in [0.1, 0.15) is 6.04 Å². The first-order chi connectivity index (χ1) is 17.8. The predicted molar refractivity (Wildman–Crippen MR) is 133 cm³/mol. The van der Waals surface area contributed by atoms with Gasteiger partial charge in [0.25, 0.3) is 5.91 Å². The van der Waals surface area contributed by atoms with Crippen molar-refractivity contribution in [3.8, 4) is 17.2 Å². The molecule has 1 aromatic rings. The molecule has 0 saturated carbocycles. The molecular weight excluding hydrogens is 480 g/mol. The lowest BCUT2D eigenvalue weighted by Crippen LogP contribution is -2.61. The topological polar surface area (TPSA) is 118 Å². The third-order valence-electron chi connectivity index (χ3n) is 8.11. The second-order valence-electron chi connectivity index (χ2n) is 10.3. The first kappa shape index (κ1) is 25.2. The Bertz CT molecular complexity index is 1080. The number of hydrogen-bond acceptors (Lipinski definition) is 7. The molecule has 11 heteroatoms. The van der Waals surface area contributed by atoms with E-state index in [4.69, 9.17) is 14.2 Å². The van der Waals surface area contributed by atoms with Gasteiger partial charge in [0.2, 0.25) is 17.6 Å². The molecule has 200 valence electrons. The Kier molecular flexibility index (Phi) is 6.87. The maximum Gasteiger partial charge on any atom is 0.329 e. The second-order valence-corrected chi connectivity index (χ2v) is 10.3. The van der Waals surface area contributed by atoms with Gasteiger partial charge in [-0.1, -0.05) is 0 Å². The van der Waals surface area contributed by atoms with Crippen LogP contribution in [0.2, 0.25) is 0 Å². The monoisotopic (exact) mass is 514 g/mol. The van der Waals surface area contributed by atoms with Gasteiger partial charge < -0.3 is 29.3 Å². The summed E-state index contributed by atoms with van der Waals surface area (Å²) in [5, 5.41) is 2.71. The summed E-state index contributed by atoms with van der Waals surface area (Å²) < 4.78 is 16.0. The molecule has 0 aromatic heterocycles. The van der Waals surface area contributed by atoms with Crippen molar-refractivity contribution in [1.29, 1.82) is 0 Å². The van der Waals surface area contributed by atoms with Crippen LogP contribution in [0.4, 0.5) is 10.5 Å². The Morgan fingerprint density at radius 3 is 2.43 bits per heavy atom. The molecule has 1 N–H and O–H groups in total. The van der Waals surface area contributed by atoms with Gasteiger partial charge in [0, 0.05) is 50.7 Å². The van der Waals surface area contributed by atoms with Gasteiger partial charge in [-0.05, 0) is 37.5 Å². The van der Waals surface area contributed by atoms with Crippen LogP contribution in [0.5, 0.6) is 17.2 Å². The molecule has 0 spiro atoms. The number of methoxy groups -OCH3 is 3. The minimum atomic E-state index is -0.800. The molecule has 4 fully saturated rings. The molecule has 4 heterocycles. The summed E-state index contributed by atoms with van der Waals surface area (Å²) in [5.41, 5.74) is 0.293. The van der Waals surface area contributed by atoms with E-state index < -0.39 is 18.0 Å². The Balaban J connectivity index is 1.22. The third-order valence-corrected chi connectivity index (χ3v) is 8.11. The number of urea groups is 1. The number of ether oxygens (including phenoxy) is 3. The van der Waals surface area contributed by atoms with Crippen LogP contribution >= 0.6 is 0 Å². The summed E-state index contributed by atoms with van der Waals surface area (Å²) in [7, 11) is 4.39. The highest BCUT2D eigenvalue weighted by atomic mass is 16.5. The fourth-order valence-electron chi connectivity index (χ4n) is 6.41. The molecule has 4 aliphatic heterocycles. The molecule has 0 aliphatic carbocycles. The number of carbonyl (C=O) groups excluding carboxylic acids is 4. The lowest BCUT2D eigenvalue weighted by atomic mass is 9.76. The van der Waals surface area contributed by atoms with Gasteiger partial charge in [-0.3, -0.25) is 14.4 Å². The summed E-state index contributed by atoms with van der Waals surface area (Å²) in [6.45, 7) is 2.01. The average Bonchev–Trinajstić information content (AvgIpc) is 3.19. The molecule has 4 aliphatic rings. The Hall–Kier alpha value is -3.50. The number of anilines is 1. The molecule has 1 aromatic carbocycles. The van der Waals surface area contributed by atoms with Crippen LogP contribution < -0.4 is 24.4 Å². The van der Waals surface area contributed by atoms with E-state index in [1.54, 1.807) is 0 Å². The van der Waals surface area contributed by atoms with E-state index in [1.165, 1.54) is 33.5 Å². The predicted octanol–water partition coefficient (Wildman–Crippen LogP) is 1.78. The second kappa shape index (κ2) is 10.1. The number of fused-ring (bicyclic) bond motifs is 4. The number of hydrogen-bond donors (Lipinski definition) is 1.